The Bertz CT molecular complexity index is 807. The Morgan fingerprint density at radius 1 is 1.36 bits per heavy atom. The highest BCUT2D eigenvalue weighted by molar-refractivity contribution is 7.89. The molecule has 7 nitrogen and oxygen atoms in total. The number of carboxylic acid groups (broad SMARTS) is 1. The molecule has 1 saturated heterocycles. The molecular weight excluding hydrogens is 364 g/mol. The number of furan rings is 1. The van der Waals surface area contributed by atoms with Crippen molar-refractivity contribution >= 4 is 27.3 Å². The molecule has 9 heteroatoms. The average molecular weight is 384 g/mol. The van der Waals surface area contributed by atoms with E-state index >= 15 is 0 Å². The van der Waals surface area contributed by atoms with Gasteiger partial charge in [0, 0.05) is 11.9 Å². The number of carboxylic acids is 1. The number of aromatic carboxylic acids is 1. The van der Waals surface area contributed by atoms with Crippen LogP contribution in [0.25, 0.3) is 0 Å². The van der Waals surface area contributed by atoms with Gasteiger partial charge in [-0.25, -0.2) is 17.9 Å². The molecule has 2 N–H and O–H groups in total. The first-order chi connectivity index (χ1) is 12.0. The summed E-state index contributed by atoms with van der Waals surface area (Å²) in [7, 11) is -3.77. The number of nitrogens with zero attached hydrogens (tertiary/aromatic N) is 1. The highest BCUT2D eigenvalue weighted by Gasteiger charge is 2.27. The van der Waals surface area contributed by atoms with E-state index in [2.05, 4.69) is 9.62 Å². The van der Waals surface area contributed by atoms with Crippen molar-refractivity contribution in [3.8, 4) is 0 Å². The van der Waals surface area contributed by atoms with Gasteiger partial charge in [0.1, 0.15) is 10.6 Å². The van der Waals surface area contributed by atoms with Crippen molar-refractivity contribution in [1.82, 2.24) is 9.62 Å². The molecule has 0 spiro atoms. The molecule has 1 aliphatic heterocycles. The summed E-state index contributed by atoms with van der Waals surface area (Å²) in [6.07, 6.45) is 4.92. The second-order valence-corrected chi connectivity index (χ2v) is 8.61. The van der Waals surface area contributed by atoms with Crippen molar-refractivity contribution < 1.29 is 22.7 Å². The van der Waals surface area contributed by atoms with Gasteiger partial charge in [0.15, 0.2) is 0 Å². The lowest BCUT2D eigenvalue weighted by Crippen LogP contribution is -2.40. The van der Waals surface area contributed by atoms with Crippen LogP contribution in [0, 0.1) is 0 Å². The Hall–Kier alpha value is -1.68. The normalized spacial score (nSPS) is 17.4. The van der Waals surface area contributed by atoms with Crippen LogP contribution in [0.4, 0.5) is 0 Å². The summed E-state index contributed by atoms with van der Waals surface area (Å²) in [6.45, 7) is 1.97. The molecular formula is C16H20N2O5S2. The third kappa shape index (κ3) is 4.30. The Labute approximate surface area is 150 Å². The Balaban J connectivity index is 1.74. The van der Waals surface area contributed by atoms with Gasteiger partial charge in [0.25, 0.3) is 0 Å². The van der Waals surface area contributed by atoms with Crippen LogP contribution in [0.2, 0.25) is 0 Å². The molecule has 1 fully saturated rings. The summed E-state index contributed by atoms with van der Waals surface area (Å²) >= 11 is 0.897. The van der Waals surface area contributed by atoms with E-state index in [1.165, 1.54) is 17.9 Å². The fraction of sp³-hybridized carbons (Fsp3) is 0.438. The summed E-state index contributed by atoms with van der Waals surface area (Å²) in [5.41, 5.74) is 0. The van der Waals surface area contributed by atoms with Crippen LogP contribution in [0.5, 0.6) is 0 Å². The molecule has 0 bridgehead atoms. The zero-order valence-corrected chi connectivity index (χ0v) is 15.2. The van der Waals surface area contributed by atoms with Gasteiger partial charge in [-0.1, -0.05) is 6.42 Å². The molecule has 0 radical (unpaired) electrons. The smallest absolute Gasteiger partial charge is 0.345 e. The first-order valence-corrected chi connectivity index (χ1v) is 10.4. The maximum absolute atomic E-state index is 12.5. The van der Waals surface area contributed by atoms with E-state index in [9.17, 15) is 13.2 Å². The topological polar surface area (TPSA) is 99.8 Å². The molecule has 1 unspecified atom stereocenters. The minimum Gasteiger partial charge on any atom is -0.477 e. The van der Waals surface area contributed by atoms with Crippen LogP contribution < -0.4 is 4.72 Å². The Kier molecular flexibility index (Phi) is 5.57. The molecule has 136 valence electrons. The number of sulfonamides is 1. The zero-order valence-electron chi connectivity index (χ0n) is 13.6. The van der Waals surface area contributed by atoms with Crippen LogP contribution in [0.1, 0.15) is 40.7 Å². The van der Waals surface area contributed by atoms with Gasteiger partial charge in [-0.05, 0) is 44.1 Å². The fourth-order valence-corrected chi connectivity index (χ4v) is 5.11. The average Bonchev–Trinajstić information content (AvgIpc) is 3.28. The van der Waals surface area contributed by atoms with Crippen LogP contribution in [0.15, 0.2) is 39.2 Å². The predicted molar refractivity (Wildman–Crippen MR) is 93.3 cm³/mol. The molecule has 1 aliphatic rings. The van der Waals surface area contributed by atoms with E-state index in [0.29, 0.717) is 0 Å². The number of piperidine rings is 1. The monoisotopic (exact) mass is 384 g/mol. The standard InChI is InChI=1S/C16H20N2O5S2/c19-16(20)15-9-12(11-24-15)25(21,22)17-10-13(14-5-4-8-23-14)18-6-2-1-3-7-18/h4-5,8-9,11,13,17H,1-3,6-7,10H2,(H,19,20). The number of rotatable bonds is 7. The highest BCUT2D eigenvalue weighted by atomic mass is 32.2. The van der Waals surface area contributed by atoms with Crippen molar-refractivity contribution in [2.45, 2.75) is 30.2 Å². The summed E-state index contributed by atoms with van der Waals surface area (Å²) < 4.78 is 33.1. The molecule has 0 aromatic carbocycles. The zero-order chi connectivity index (χ0) is 17.9. The summed E-state index contributed by atoms with van der Waals surface area (Å²) in [5.74, 6) is -0.408. The van der Waals surface area contributed by atoms with E-state index in [1.54, 1.807) is 12.3 Å². The second kappa shape index (κ2) is 7.69. The number of nitrogens with one attached hydrogen (secondary N) is 1. The summed E-state index contributed by atoms with van der Waals surface area (Å²) in [6, 6.07) is 4.64. The molecule has 3 heterocycles. The van der Waals surface area contributed by atoms with Gasteiger partial charge in [-0.3, -0.25) is 4.90 Å². The lowest BCUT2D eigenvalue weighted by Gasteiger charge is -2.33. The number of hydrogen-bond donors (Lipinski definition) is 2. The van der Waals surface area contributed by atoms with Gasteiger partial charge in [-0.2, -0.15) is 0 Å². The molecule has 2 aromatic rings. The maximum Gasteiger partial charge on any atom is 0.345 e. The van der Waals surface area contributed by atoms with Crippen molar-refractivity contribution in [3.63, 3.8) is 0 Å². The first-order valence-electron chi connectivity index (χ1n) is 8.06. The van der Waals surface area contributed by atoms with E-state index in [0.717, 1.165) is 43.0 Å². The van der Waals surface area contributed by atoms with Crippen molar-refractivity contribution in [2.24, 2.45) is 0 Å². The largest absolute Gasteiger partial charge is 0.477 e. The minimum absolute atomic E-state index is 0.000935. The van der Waals surface area contributed by atoms with E-state index < -0.39 is 16.0 Å². The molecule has 2 aromatic heterocycles. The minimum atomic E-state index is -3.77. The first kappa shape index (κ1) is 18.1. The lowest BCUT2D eigenvalue weighted by atomic mass is 10.1. The quantitative estimate of drug-likeness (QED) is 0.761. The van der Waals surface area contributed by atoms with Crippen molar-refractivity contribution in [3.05, 3.63) is 40.5 Å². The predicted octanol–water partition coefficient (Wildman–Crippen LogP) is 2.54. The summed E-state index contributed by atoms with van der Waals surface area (Å²) in [4.78, 5) is 13.1. The van der Waals surface area contributed by atoms with Crippen LogP contribution in [-0.2, 0) is 10.0 Å². The highest BCUT2D eigenvalue weighted by Crippen LogP contribution is 2.25. The number of carbonyl (C=O) groups is 1. The molecule has 0 amide bonds. The van der Waals surface area contributed by atoms with Gasteiger partial charge in [0.2, 0.25) is 10.0 Å². The number of thiophene rings is 1. The Morgan fingerprint density at radius 3 is 2.72 bits per heavy atom. The van der Waals surface area contributed by atoms with Gasteiger partial charge >= 0.3 is 5.97 Å². The SMILES string of the molecule is O=C(O)c1cc(S(=O)(=O)NCC(c2ccco2)N2CCCCC2)cs1. The fourth-order valence-electron chi connectivity index (χ4n) is 2.96. The van der Waals surface area contributed by atoms with Gasteiger partial charge in [0.05, 0.1) is 17.2 Å². The Morgan fingerprint density at radius 2 is 2.12 bits per heavy atom. The lowest BCUT2D eigenvalue weighted by molar-refractivity contribution is 0.0702. The van der Waals surface area contributed by atoms with Gasteiger partial charge < -0.3 is 9.52 Å². The molecule has 1 atom stereocenters. The third-order valence-electron chi connectivity index (χ3n) is 4.27. The van der Waals surface area contributed by atoms with E-state index in [4.69, 9.17) is 9.52 Å². The van der Waals surface area contributed by atoms with Crippen molar-refractivity contribution in [1.29, 1.82) is 0 Å². The third-order valence-corrected chi connectivity index (χ3v) is 6.74. The van der Waals surface area contributed by atoms with E-state index in [-0.39, 0.29) is 22.4 Å². The van der Waals surface area contributed by atoms with E-state index in [1.807, 2.05) is 6.07 Å². The van der Waals surface area contributed by atoms with Crippen molar-refractivity contribution in [2.75, 3.05) is 19.6 Å². The number of likely N-dealkylation sites (tertiary alicyclic amines) is 1. The molecule has 0 saturated carbocycles. The van der Waals surface area contributed by atoms with Crippen LogP contribution in [0.3, 0.4) is 0 Å². The summed E-state index contributed by atoms with van der Waals surface area (Å²) in [5, 5.41) is 10.3. The van der Waals surface area contributed by atoms with Crippen LogP contribution in [-0.4, -0.2) is 44.0 Å². The molecule has 3 rings (SSSR count). The molecule has 0 aliphatic carbocycles. The maximum atomic E-state index is 12.5. The van der Waals surface area contributed by atoms with Crippen LogP contribution >= 0.6 is 11.3 Å². The number of hydrogen-bond acceptors (Lipinski definition) is 6. The van der Waals surface area contributed by atoms with Gasteiger partial charge in [-0.15, -0.1) is 11.3 Å². The molecule has 25 heavy (non-hydrogen) atoms. The second-order valence-electron chi connectivity index (χ2n) is 5.93.